The fraction of sp³-hybridized carbons (Fsp3) is 0.211. The van der Waals surface area contributed by atoms with Crippen molar-refractivity contribution in [2.24, 2.45) is 0 Å². The number of rotatable bonds is 4. The van der Waals surface area contributed by atoms with E-state index in [1.54, 1.807) is 10.8 Å². The second kappa shape index (κ2) is 6.51. The first kappa shape index (κ1) is 16.7. The van der Waals surface area contributed by atoms with Crippen LogP contribution in [0.1, 0.15) is 11.4 Å². The van der Waals surface area contributed by atoms with Crippen LogP contribution in [0, 0.1) is 13.8 Å². The number of fused-ring (bicyclic) bond motifs is 3. The minimum atomic E-state index is -0.0903. The molecule has 2 N–H and O–H groups in total. The molecule has 7 heteroatoms. The molecule has 0 aliphatic carbocycles. The van der Waals surface area contributed by atoms with Crippen LogP contribution in [-0.4, -0.2) is 32.8 Å². The number of nitrogens with zero attached hydrogens (tertiary/aromatic N) is 3. The van der Waals surface area contributed by atoms with Crippen molar-refractivity contribution >= 4 is 37.5 Å². The van der Waals surface area contributed by atoms with E-state index in [0.29, 0.717) is 22.6 Å². The Balaban J connectivity index is 2.01. The van der Waals surface area contributed by atoms with E-state index in [0.717, 1.165) is 27.2 Å². The van der Waals surface area contributed by atoms with Gasteiger partial charge in [0.25, 0.3) is 5.56 Å². The van der Waals surface area contributed by atoms with Gasteiger partial charge in [0.15, 0.2) is 0 Å². The van der Waals surface area contributed by atoms with Crippen molar-refractivity contribution in [3.63, 3.8) is 0 Å². The average Bonchev–Trinajstić information content (AvgIpc) is 3.01. The van der Waals surface area contributed by atoms with Gasteiger partial charge in [-0.25, -0.2) is 9.97 Å². The summed E-state index contributed by atoms with van der Waals surface area (Å²) in [5.41, 5.74) is 3.34. The predicted octanol–water partition coefficient (Wildman–Crippen LogP) is 3.02. The van der Waals surface area contributed by atoms with Crippen LogP contribution in [0.5, 0.6) is 0 Å². The summed E-state index contributed by atoms with van der Waals surface area (Å²) < 4.78 is 2.22. The lowest BCUT2D eigenvalue weighted by Crippen LogP contribution is -2.21. The van der Waals surface area contributed by atoms with Crippen molar-refractivity contribution in [2.45, 2.75) is 13.8 Å². The van der Waals surface area contributed by atoms with Gasteiger partial charge in [0.2, 0.25) is 0 Å². The number of anilines is 1. The number of hydrogen-bond donors (Lipinski definition) is 2. The van der Waals surface area contributed by atoms with Crippen molar-refractivity contribution in [1.82, 2.24) is 14.5 Å². The highest BCUT2D eigenvalue weighted by atomic mass is 32.1. The van der Waals surface area contributed by atoms with Crippen molar-refractivity contribution in [3.05, 3.63) is 58.3 Å². The van der Waals surface area contributed by atoms with E-state index < -0.39 is 0 Å². The highest BCUT2D eigenvalue weighted by Gasteiger charge is 2.18. The first-order valence-electron chi connectivity index (χ1n) is 8.33. The van der Waals surface area contributed by atoms with Crippen molar-refractivity contribution in [2.75, 3.05) is 18.5 Å². The van der Waals surface area contributed by atoms with Crippen LogP contribution < -0.4 is 10.9 Å². The number of benzene rings is 1. The topological polar surface area (TPSA) is 80.0 Å². The molecule has 0 radical (unpaired) electrons. The van der Waals surface area contributed by atoms with Gasteiger partial charge in [-0.3, -0.25) is 9.36 Å². The summed E-state index contributed by atoms with van der Waals surface area (Å²) in [4.78, 5) is 23.1. The Morgan fingerprint density at radius 1 is 1.19 bits per heavy atom. The Labute approximate surface area is 153 Å². The summed E-state index contributed by atoms with van der Waals surface area (Å²) in [6, 6.07) is 9.66. The molecule has 0 unspecified atom stereocenters. The Kier molecular flexibility index (Phi) is 4.18. The number of aliphatic hydroxyl groups excluding tert-OH is 1. The van der Waals surface area contributed by atoms with Crippen LogP contribution in [0.4, 0.5) is 5.69 Å². The molecule has 4 aromatic rings. The SMILES string of the molecule is Cc1ccc(-n2c(C)nc3c(sc4nccc(NCCO)c43)c2=O)cc1. The van der Waals surface area contributed by atoms with E-state index >= 15 is 0 Å². The van der Waals surface area contributed by atoms with Crippen LogP contribution in [0.25, 0.3) is 26.1 Å². The summed E-state index contributed by atoms with van der Waals surface area (Å²) in [5.74, 6) is 0.628. The van der Waals surface area contributed by atoms with Gasteiger partial charge >= 0.3 is 0 Å². The molecule has 0 saturated heterocycles. The van der Waals surface area contributed by atoms with E-state index in [2.05, 4.69) is 10.3 Å². The van der Waals surface area contributed by atoms with Gasteiger partial charge in [-0.15, -0.1) is 11.3 Å². The minimum absolute atomic E-state index is 0.0264. The number of aromatic nitrogens is 3. The average molecular weight is 366 g/mol. The Hall–Kier alpha value is -2.77. The molecule has 0 saturated carbocycles. The zero-order chi connectivity index (χ0) is 18.3. The fourth-order valence-corrected chi connectivity index (χ4v) is 4.09. The summed E-state index contributed by atoms with van der Waals surface area (Å²) in [5, 5.41) is 13.1. The van der Waals surface area contributed by atoms with Gasteiger partial charge in [-0.05, 0) is 32.0 Å². The van der Waals surface area contributed by atoms with E-state index in [9.17, 15) is 4.79 Å². The zero-order valence-corrected chi connectivity index (χ0v) is 15.3. The molecule has 3 aromatic heterocycles. The molecule has 26 heavy (non-hydrogen) atoms. The zero-order valence-electron chi connectivity index (χ0n) is 14.5. The van der Waals surface area contributed by atoms with E-state index in [-0.39, 0.29) is 12.2 Å². The molecule has 0 aliphatic rings. The van der Waals surface area contributed by atoms with Gasteiger partial charge in [0.1, 0.15) is 20.9 Å². The molecule has 132 valence electrons. The van der Waals surface area contributed by atoms with Crippen LogP contribution in [0.2, 0.25) is 0 Å². The predicted molar refractivity (Wildman–Crippen MR) is 106 cm³/mol. The first-order valence-corrected chi connectivity index (χ1v) is 9.14. The van der Waals surface area contributed by atoms with Crippen LogP contribution in [0.3, 0.4) is 0 Å². The fourth-order valence-electron chi connectivity index (χ4n) is 3.06. The molecule has 4 rings (SSSR count). The van der Waals surface area contributed by atoms with Gasteiger partial charge < -0.3 is 10.4 Å². The smallest absolute Gasteiger partial charge is 0.276 e. The lowest BCUT2D eigenvalue weighted by atomic mass is 10.2. The van der Waals surface area contributed by atoms with Crippen molar-refractivity contribution < 1.29 is 5.11 Å². The summed E-state index contributed by atoms with van der Waals surface area (Å²) in [7, 11) is 0. The Morgan fingerprint density at radius 3 is 2.69 bits per heavy atom. The second-order valence-electron chi connectivity index (χ2n) is 6.10. The van der Waals surface area contributed by atoms with Gasteiger partial charge in [-0.1, -0.05) is 17.7 Å². The number of aliphatic hydroxyl groups is 1. The van der Waals surface area contributed by atoms with Crippen LogP contribution in [-0.2, 0) is 0 Å². The lowest BCUT2D eigenvalue weighted by molar-refractivity contribution is 0.311. The second-order valence-corrected chi connectivity index (χ2v) is 7.10. The molecular weight excluding hydrogens is 348 g/mol. The largest absolute Gasteiger partial charge is 0.395 e. The molecule has 0 amide bonds. The number of pyridine rings is 1. The quantitative estimate of drug-likeness (QED) is 0.580. The molecule has 0 bridgehead atoms. The van der Waals surface area contributed by atoms with E-state index in [1.165, 1.54) is 11.3 Å². The van der Waals surface area contributed by atoms with E-state index in [4.69, 9.17) is 10.1 Å². The molecule has 0 spiro atoms. The lowest BCUT2D eigenvalue weighted by Gasteiger charge is -2.10. The highest BCUT2D eigenvalue weighted by Crippen LogP contribution is 2.34. The third kappa shape index (κ3) is 2.65. The summed E-state index contributed by atoms with van der Waals surface area (Å²) in [6.07, 6.45) is 1.70. The number of nitrogens with one attached hydrogen (secondary N) is 1. The minimum Gasteiger partial charge on any atom is -0.395 e. The maximum atomic E-state index is 13.2. The van der Waals surface area contributed by atoms with Gasteiger partial charge in [-0.2, -0.15) is 0 Å². The molecule has 3 heterocycles. The van der Waals surface area contributed by atoms with Crippen LogP contribution >= 0.6 is 11.3 Å². The maximum Gasteiger partial charge on any atom is 0.276 e. The molecule has 0 aliphatic heterocycles. The summed E-state index contributed by atoms with van der Waals surface area (Å²) >= 11 is 1.35. The molecule has 0 fully saturated rings. The Bertz CT molecular complexity index is 1160. The number of thiophene rings is 1. The van der Waals surface area contributed by atoms with Crippen LogP contribution in [0.15, 0.2) is 41.3 Å². The van der Waals surface area contributed by atoms with Gasteiger partial charge in [0.05, 0.1) is 17.7 Å². The monoisotopic (exact) mass is 366 g/mol. The third-order valence-electron chi connectivity index (χ3n) is 4.28. The molecule has 0 atom stereocenters. The number of aryl methyl sites for hydroxylation is 2. The molecular formula is C19H18N4O2S. The van der Waals surface area contributed by atoms with Crippen molar-refractivity contribution in [3.8, 4) is 5.69 Å². The number of hydrogen-bond acceptors (Lipinski definition) is 6. The van der Waals surface area contributed by atoms with E-state index in [1.807, 2.05) is 44.2 Å². The highest BCUT2D eigenvalue weighted by molar-refractivity contribution is 7.25. The third-order valence-corrected chi connectivity index (χ3v) is 5.36. The molecule has 6 nitrogen and oxygen atoms in total. The maximum absolute atomic E-state index is 13.2. The molecule has 1 aromatic carbocycles. The Morgan fingerprint density at radius 2 is 1.96 bits per heavy atom. The first-order chi connectivity index (χ1) is 12.6. The van der Waals surface area contributed by atoms with Gasteiger partial charge in [0, 0.05) is 18.4 Å². The normalized spacial score (nSPS) is 11.3. The summed E-state index contributed by atoms with van der Waals surface area (Å²) in [6.45, 7) is 4.30. The standard InChI is InChI=1S/C19H18N4O2S/c1-11-3-5-13(6-4-11)23-12(2)22-16-15-14(20-9-10-24)7-8-21-18(15)26-17(16)19(23)25/h3-8,24H,9-10H2,1-2H3,(H,20,21). The van der Waals surface area contributed by atoms with Crippen molar-refractivity contribution in [1.29, 1.82) is 0 Å².